The fraction of sp³-hybridized carbons (Fsp3) is 0.318. The van der Waals surface area contributed by atoms with E-state index in [0.717, 1.165) is 11.1 Å². The molecule has 0 saturated carbocycles. The third-order valence-corrected chi connectivity index (χ3v) is 5.76. The highest BCUT2D eigenvalue weighted by Gasteiger charge is 2.49. The molecular weight excluding hydrogens is 414 g/mol. The second-order valence-corrected chi connectivity index (χ2v) is 7.44. The lowest BCUT2D eigenvalue weighted by molar-refractivity contribution is -0.384. The lowest BCUT2D eigenvalue weighted by Gasteiger charge is -2.36. The molecule has 0 aliphatic carbocycles. The summed E-state index contributed by atoms with van der Waals surface area (Å²) in [6, 6.07) is 13.7. The molecule has 32 heavy (non-hydrogen) atoms. The summed E-state index contributed by atoms with van der Waals surface area (Å²) < 4.78 is 16.9. The lowest BCUT2D eigenvalue weighted by atomic mass is 9.74. The fourth-order valence-corrected chi connectivity index (χ4v) is 4.34. The summed E-state index contributed by atoms with van der Waals surface area (Å²) in [5.74, 6) is 0.561. The van der Waals surface area contributed by atoms with Crippen LogP contribution in [0.15, 0.2) is 53.9 Å². The summed E-state index contributed by atoms with van der Waals surface area (Å²) in [5, 5.41) is 20.9. The number of nitro benzene ring substituents is 1. The van der Waals surface area contributed by atoms with Crippen molar-refractivity contribution in [3.8, 4) is 17.6 Å². The van der Waals surface area contributed by atoms with Crippen molar-refractivity contribution in [1.29, 1.82) is 5.26 Å². The second kappa shape index (κ2) is 8.74. The number of nitriles is 1. The molecule has 0 aromatic heterocycles. The number of nitro groups is 1. The summed E-state index contributed by atoms with van der Waals surface area (Å²) >= 11 is 0. The van der Waals surface area contributed by atoms with Gasteiger partial charge in [-0.25, -0.2) is 10.9 Å². The van der Waals surface area contributed by atoms with Gasteiger partial charge < -0.3 is 19.9 Å². The third kappa shape index (κ3) is 3.68. The minimum Gasteiger partial charge on any atom is -0.493 e. The van der Waals surface area contributed by atoms with E-state index in [2.05, 4.69) is 16.9 Å². The predicted octanol–water partition coefficient (Wildman–Crippen LogP) is 2.60. The highest BCUT2D eigenvalue weighted by molar-refractivity contribution is 5.47. The van der Waals surface area contributed by atoms with Crippen molar-refractivity contribution in [2.24, 2.45) is 11.7 Å². The maximum absolute atomic E-state index is 11.1. The van der Waals surface area contributed by atoms with E-state index >= 15 is 0 Å². The van der Waals surface area contributed by atoms with Crippen molar-refractivity contribution < 1.29 is 19.1 Å². The largest absolute Gasteiger partial charge is 0.493 e. The van der Waals surface area contributed by atoms with Crippen LogP contribution in [0.3, 0.4) is 0 Å². The Morgan fingerprint density at radius 3 is 2.53 bits per heavy atom. The monoisotopic (exact) mass is 437 g/mol. The van der Waals surface area contributed by atoms with Crippen LogP contribution >= 0.6 is 0 Å². The normalized spacial score (nSPS) is 24.3. The summed E-state index contributed by atoms with van der Waals surface area (Å²) in [5.41, 5.74) is 14.3. The molecule has 4 N–H and O–H groups in total. The van der Waals surface area contributed by atoms with Crippen molar-refractivity contribution in [2.45, 2.75) is 25.1 Å². The van der Waals surface area contributed by atoms with Crippen molar-refractivity contribution >= 4 is 5.69 Å². The van der Waals surface area contributed by atoms with Crippen LogP contribution in [0.4, 0.5) is 5.69 Å². The Morgan fingerprint density at radius 2 is 1.91 bits per heavy atom. The number of fused-ring (bicyclic) bond motifs is 1. The van der Waals surface area contributed by atoms with E-state index in [1.807, 2.05) is 25.1 Å². The van der Waals surface area contributed by atoms with Crippen molar-refractivity contribution in [1.82, 2.24) is 10.9 Å². The topological polar surface area (TPSA) is 145 Å². The summed E-state index contributed by atoms with van der Waals surface area (Å²) in [6.07, 6.45) is -0.505. The smallest absolute Gasteiger partial charge is 0.269 e. The summed E-state index contributed by atoms with van der Waals surface area (Å²) in [6.45, 7) is 2.41. The Balaban J connectivity index is 1.77. The first-order valence-electron chi connectivity index (χ1n) is 10.1. The molecule has 1 saturated heterocycles. The average molecular weight is 437 g/mol. The molecule has 1 fully saturated rings. The number of nitrogens with one attached hydrogen (secondary N) is 2. The van der Waals surface area contributed by atoms with Crippen molar-refractivity contribution in [2.75, 3.05) is 13.7 Å². The molecular formula is C22H23N5O5. The SMILES string of the molecule is CCOc1ccc(C2NNC3OC(N)=C(C#N)C(c4ccc([N+](=O)[O-])cc4)C32)cc1OC. The Kier molecular flexibility index (Phi) is 5.85. The zero-order valence-electron chi connectivity index (χ0n) is 17.6. The van der Waals surface area contributed by atoms with Crippen molar-refractivity contribution in [3.05, 3.63) is 75.2 Å². The van der Waals surface area contributed by atoms with Gasteiger partial charge in [-0.2, -0.15) is 5.26 Å². The van der Waals surface area contributed by atoms with Gasteiger partial charge in [0.1, 0.15) is 6.07 Å². The Morgan fingerprint density at radius 1 is 1.19 bits per heavy atom. The molecule has 2 aromatic carbocycles. The number of non-ortho nitro benzene ring substituents is 1. The van der Waals surface area contributed by atoms with Gasteiger partial charge in [0.05, 0.1) is 30.3 Å². The van der Waals surface area contributed by atoms with Gasteiger partial charge >= 0.3 is 0 Å². The van der Waals surface area contributed by atoms with Gasteiger partial charge in [0.2, 0.25) is 5.88 Å². The second-order valence-electron chi connectivity index (χ2n) is 7.44. The highest BCUT2D eigenvalue weighted by Crippen LogP contribution is 2.48. The molecule has 0 bridgehead atoms. The number of hydrogen-bond acceptors (Lipinski definition) is 9. The first kappa shape index (κ1) is 21.4. The lowest BCUT2D eigenvalue weighted by Crippen LogP contribution is -2.40. The number of rotatable bonds is 6. The average Bonchev–Trinajstić information content (AvgIpc) is 3.22. The van der Waals surface area contributed by atoms with E-state index in [9.17, 15) is 15.4 Å². The molecule has 2 aromatic rings. The number of benzene rings is 2. The van der Waals surface area contributed by atoms with Crippen LogP contribution in [0.2, 0.25) is 0 Å². The van der Waals surface area contributed by atoms with Gasteiger partial charge in [-0.15, -0.1) is 0 Å². The van der Waals surface area contributed by atoms with Gasteiger partial charge in [0, 0.05) is 24.0 Å². The number of methoxy groups -OCH3 is 1. The molecule has 2 aliphatic rings. The van der Waals surface area contributed by atoms with Gasteiger partial charge in [-0.05, 0) is 30.2 Å². The molecule has 0 amide bonds. The third-order valence-electron chi connectivity index (χ3n) is 5.76. The number of hydrogen-bond donors (Lipinski definition) is 3. The minimum atomic E-state index is -0.505. The first-order valence-corrected chi connectivity index (χ1v) is 10.1. The van der Waals surface area contributed by atoms with E-state index < -0.39 is 17.1 Å². The molecule has 0 radical (unpaired) electrons. The van der Waals surface area contributed by atoms with Gasteiger partial charge in [-0.1, -0.05) is 18.2 Å². The molecule has 10 heteroatoms. The van der Waals surface area contributed by atoms with Crippen LogP contribution < -0.4 is 26.1 Å². The molecule has 4 atom stereocenters. The maximum atomic E-state index is 11.1. The highest BCUT2D eigenvalue weighted by atomic mass is 16.6. The fourth-order valence-electron chi connectivity index (χ4n) is 4.34. The Bertz CT molecular complexity index is 1090. The van der Waals surface area contributed by atoms with Gasteiger partial charge in [0.25, 0.3) is 5.69 Å². The molecule has 10 nitrogen and oxygen atoms in total. The van der Waals surface area contributed by atoms with Gasteiger partial charge in [-0.3, -0.25) is 10.1 Å². The first-order chi connectivity index (χ1) is 15.5. The Labute approximate surface area is 184 Å². The molecule has 0 spiro atoms. The van der Waals surface area contributed by atoms with Gasteiger partial charge in [0.15, 0.2) is 17.7 Å². The van der Waals surface area contributed by atoms with Crippen LogP contribution in [-0.2, 0) is 4.74 Å². The molecule has 2 heterocycles. The van der Waals surface area contributed by atoms with Crippen molar-refractivity contribution in [3.63, 3.8) is 0 Å². The van der Waals surface area contributed by atoms with E-state index in [0.29, 0.717) is 18.1 Å². The number of ether oxygens (including phenoxy) is 3. The quantitative estimate of drug-likeness (QED) is 0.458. The zero-order chi connectivity index (χ0) is 22.8. The summed E-state index contributed by atoms with van der Waals surface area (Å²) in [4.78, 5) is 10.6. The van der Waals surface area contributed by atoms with Crippen LogP contribution in [0.25, 0.3) is 0 Å². The van der Waals surface area contributed by atoms with E-state index in [4.69, 9.17) is 19.9 Å². The molecule has 4 rings (SSSR count). The minimum absolute atomic E-state index is 0.0247. The van der Waals surface area contributed by atoms with E-state index in [-0.39, 0.29) is 29.1 Å². The maximum Gasteiger partial charge on any atom is 0.269 e. The van der Waals surface area contributed by atoms with E-state index in [1.54, 1.807) is 19.2 Å². The molecule has 166 valence electrons. The van der Waals surface area contributed by atoms with Crippen LogP contribution in [-0.4, -0.2) is 24.9 Å². The number of allylic oxidation sites excluding steroid dienone is 1. The molecule has 4 unspecified atom stereocenters. The number of nitrogens with two attached hydrogens (primary N) is 1. The Hall–Kier alpha value is -3.81. The standard InChI is InChI=1S/C22H23N5O5/c1-3-31-16-9-6-13(10-17(16)30-2)20-19-18(12-4-7-14(8-5-12)27(28)29)15(11-23)21(24)32-22(19)26-25-20/h4-10,18-20,22,25-26H,3,24H2,1-2H3. The number of hydrazine groups is 1. The zero-order valence-corrected chi connectivity index (χ0v) is 17.6. The van der Waals surface area contributed by atoms with Crippen LogP contribution in [0, 0.1) is 27.4 Å². The molecule has 2 aliphatic heterocycles. The summed E-state index contributed by atoms with van der Waals surface area (Å²) in [7, 11) is 1.57. The van der Waals surface area contributed by atoms with E-state index in [1.165, 1.54) is 12.1 Å². The number of nitrogens with zero attached hydrogens (tertiary/aromatic N) is 2. The predicted molar refractivity (Wildman–Crippen MR) is 114 cm³/mol. The van der Waals surface area contributed by atoms with Crippen LogP contribution in [0.5, 0.6) is 11.5 Å². The van der Waals surface area contributed by atoms with Crippen LogP contribution in [0.1, 0.15) is 30.0 Å².